The third kappa shape index (κ3) is 6.73. The molecular weight excluding hydrogens is 406 g/mol. The second-order valence-electron chi connectivity index (χ2n) is 8.34. The molecule has 0 aliphatic carbocycles. The van der Waals surface area contributed by atoms with Gasteiger partial charge in [0.2, 0.25) is 11.8 Å². The maximum atomic E-state index is 12.9. The van der Waals surface area contributed by atoms with Crippen molar-refractivity contribution < 1.29 is 32.9 Å². The zero-order valence-electron chi connectivity index (χ0n) is 21.2. The molecule has 0 radical (unpaired) electrons. The number of amides is 4. The summed E-state index contributed by atoms with van der Waals surface area (Å²) in [5, 5.41) is 5.64. The van der Waals surface area contributed by atoms with Crippen molar-refractivity contribution in [1.82, 2.24) is 25.5 Å². The molecule has 2 aliphatic heterocycles. The van der Waals surface area contributed by atoms with Crippen molar-refractivity contribution in [1.29, 1.82) is 0 Å². The number of carbonyl (C=O) groups excluding carboxylic acids is 5. The lowest BCUT2D eigenvalue weighted by Gasteiger charge is -2.45. The zero-order chi connectivity index (χ0) is 25.7. The molecule has 1 unspecified atom stereocenters. The standard InChI is InChI=1S/C20H33N5O6/c1-20(2,14-13-23(3)11-12-24(14)4)19(30)22-9-7-15(26)21-10-8-18(29)31-25-16(27)5-6-17(25)28/h14H,5-13H2,1-4H3,(H,21,26)(H,22,30)/i4D3. The summed E-state index contributed by atoms with van der Waals surface area (Å²) < 4.78 is 23.4. The molecule has 2 heterocycles. The van der Waals surface area contributed by atoms with E-state index in [1.807, 2.05) is 11.9 Å². The molecule has 4 amide bonds. The first-order valence-corrected chi connectivity index (χ1v) is 10.3. The second-order valence-corrected chi connectivity index (χ2v) is 8.34. The van der Waals surface area contributed by atoms with Gasteiger partial charge in [0.05, 0.1) is 11.8 Å². The van der Waals surface area contributed by atoms with Crippen molar-refractivity contribution in [3.05, 3.63) is 0 Å². The van der Waals surface area contributed by atoms with Crippen LogP contribution in [0.2, 0.25) is 0 Å². The van der Waals surface area contributed by atoms with E-state index in [1.165, 1.54) is 4.90 Å². The van der Waals surface area contributed by atoms with Gasteiger partial charge in [-0.1, -0.05) is 0 Å². The molecule has 2 saturated heterocycles. The number of hydrogen-bond donors (Lipinski definition) is 2. The number of piperazine rings is 1. The monoisotopic (exact) mass is 442 g/mol. The van der Waals surface area contributed by atoms with Crippen LogP contribution in [0.25, 0.3) is 0 Å². The quantitative estimate of drug-likeness (QED) is 0.430. The van der Waals surface area contributed by atoms with Gasteiger partial charge in [-0.3, -0.25) is 24.1 Å². The highest BCUT2D eigenvalue weighted by Gasteiger charge is 2.41. The average Bonchev–Trinajstić information content (AvgIpc) is 3.04. The molecule has 11 nitrogen and oxygen atoms in total. The van der Waals surface area contributed by atoms with Crippen molar-refractivity contribution in [3.63, 3.8) is 0 Å². The largest absolute Gasteiger partial charge is 0.355 e. The van der Waals surface area contributed by atoms with Gasteiger partial charge < -0.3 is 20.4 Å². The minimum atomic E-state index is -2.32. The van der Waals surface area contributed by atoms with E-state index in [-0.39, 0.29) is 44.7 Å². The van der Waals surface area contributed by atoms with Crippen LogP contribution in [0.1, 0.15) is 43.6 Å². The Kier molecular flexibility index (Phi) is 7.01. The summed E-state index contributed by atoms with van der Waals surface area (Å²) in [7, 11) is 1.87. The fraction of sp³-hybridized carbons (Fsp3) is 0.750. The highest BCUT2D eigenvalue weighted by molar-refractivity contribution is 6.01. The van der Waals surface area contributed by atoms with Crippen LogP contribution in [-0.2, 0) is 28.8 Å². The number of hydrogen-bond acceptors (Lipinski definition) is 8. The number of carbonyl (C=O) groups is 5. The molecule has 2 N–H and O–H groups in total. The SMILES string of the molecule is [2H]C([2H])([2H])N1CCN(C)CC1C(C)(C)C(=O)NCCC(=O)NCCC(=O)ON1C(=O)CCC1=O. The van der Waals surface area contributed by atoms with Crippen LogP contribution in [0.15, 0.2) is 0 Å². The number of nitrogens with one attached hydrogen (secondary N) is 2. The fourth-order valence-corrected chi connectivity index (χ4v) is 3.40. The van der Waals surface area contributed by atoms with Gasteiger partial charge in [-0.15, -0.1) is 5.06 Å². The minimum Gasteiger partial charge on any atom is -0.355 e. The topological polar surface area (TPSA) is 128 Å². The summed E-state index contributed by atoms with van der Waals surface area (Å²) >= 11 is 0. The Labute approximate surface area is 186 Å². The van der Waals surface area contributed by atoms with Gasteiger partial charge in [-0.2, -0.15) is 0 Å². The summed E-state index contributed by atoms with van der Waals surface area (Å²) in [4.78, 5) is 67.5. The number of imide groups is 1. The smallest absolute Gasteiger partial charge is 0.334 e. The normalized spacial score (nSPS) is 22.5. The Hall–Kier alpha value is -2.53. The molecule has 2 aliphatic rings. The van der Waals surface area contributed by atoms with E-state index in [1.54, 1.807) is 13.8 Å². The summed E-state index contributed by atoms with van der Waals surface area (Å²) in [6.07, 6.45) is -0.288. The maximum absolute atomic E-state index is 12.9. The minimum absolute atomic E-state index is 0.00292. The van der Waals surface area contributed by atoms with Crippen LogP contribution in [0, 0.1) is 5.41 Å². The predicted octanol–water partition coefficient (Wildman–Crippen LogP) is -1.12. The van der Waals surface area contributed by atoms with Gasteiger partial charge in [-0.25, -0.2) is 4.79 Å². The van der Waals surface area contributed by atoms with Crippen molar-refractivity contribution in [2.24, 2.45) is 5.41 Å². The molecule has 1 atom stereocenters. The van der Waals surface area contributed by atoms with Crippen molar-refractivity contribution in [2.75, 3.05) is 46.7 Å². The van der Waals surface area contributed by atoms with E-state index < -0.39 is 42.1 Å². The molecule has 0 saturated carbocycles. The van der Waals surface area contributed by atoms with Gasteiger partial charge in [0, 0.05) is 62.1 Å². The third-order valence-electron chi connectivity index (χ3n) is 5.49. The van der Waals surface area contributed by atoms with Gasteiger partial charge in [0.15, 0.2) is 0 Å². The van der Waals surface area contributed by atoms with E-state index in [2.05, 4.69) is 10.6 Å². The predicted molar refractivity (Wildman–Crippen MR) is 110 cm³/mol. The summed E-state index contributed by atoms with van der Waals surface area (Å²) in [5.41, 5.74) is -1.02. The molecule has 31 heavy (non-hydrogen) atoms. The molecule has 0 bridgehead atoms. The second kappa shape index (κ2) is 10.7. The molecule has 2 rings (SSSR count). The number of nitrogens with zero attached hydrogens (tertiary/aromatic N) is 3. The summed E-state index contributed by atoms with van der Waals surface area (Å²) in [6.45, 7) is 2.36. The highest BCUT2D eigenvalue weighted by Crippen LogP contribution is 2.27. The van der Waals surface area contributed by atoms with Crippen molar-refractivity contribution in [2.45, 2.75) is 45.6 Å². The first-order chi connectivity index (χ1) is 15.7. The van der Waals surface area contributed by atoms with Crippen LogP contribution in [0.3, 0.4) is 0 Å². The lowest BCUT2D eigenvalue weighted by molar-refractivity contribution is -0.197. The molecule has 0 aromatic rings. The Balaban J connectivity index is 1.74. The number of likely N-dealkylation sites (N-methyl/N-ethyl adjacent to an activating group) is 2. The Morgan fingerprint density at radius 1 is 1.10 bits per heavy atom. The van der Waals surface area contributed by atoms with Crippen LogP contribution >= 0.6 is 0 Å². The highest BCUT2D eigenvalue weighted by atomic mass is 16.7. The van der Waals surface area contributed by atoms with E-state index in [0.717, 1.165) is 0 Å². The van der Waals surface area contributed by atoms with E-state index >= 15 is 0 Å². The van der Waals surface area contributed by atoms with Gasteiger partial charge in [0.25, 0.3) is 11.8 Å². The first kappa shape index (κ1) is 20.4. The maximum Gasteiger partial charge on any atom is 0.334 e. The van der Waals surface area contributed by atoms with Gasteiger partial charge in [-0.05, 0) is 27.9 Å². The van der Waals surface area contributed by atoms with E-state index in [9.17, 15) is 24.0 Å². The Morgan fingerprint density at radius 2 is 1.74 bits per heavy atom. The molecule has 11 heteroatoms. The Morgan fingerprint density at radius 3 is 2.39 bits per heavy atom. The average molecular weight is 443 g/mol. The van der Waals surface area contributed by atoms with Crippen LogP contribution in [-0.4, -0.2) is 97.3 Å². The summed E-state index contributed by atoms with van der Waals surface area (Å²) in [5.74, 6) is -2.76. The fourth-order valence-electron chi connectivity index (χ4n) is 3.40. The zero-order valence-corrected chi connectivity index (χ0v) is 18.2. The molecule has 2 fully saturated rings. The van der Waals surface area contributed by atoms with Crippen LogP contribution in [0.4, 0.5) is 0 Å². The molecule has 0 spiro atoms. The summed E-state index contributed by atoms with van der Waals surface area (Å²) in [6, 6.07) is -0.534. The third-order valence-corrected chi connectivity index (χ3v) is 5.49. The molecule has 0 aromatic carbocycles. The van der Waals surface area contributed by atoms with E-state index in [0.29, 0.717) is 24.7 Å². The molecule has 0 aromatic heterocycles. The number of hydroxylamine groups is 2. The van der Waals surface area contributed by atoms with Crippen LogP contribution < -0.4 is 10.6 Å². The van der Waals surface area contributed by atoms with Crippen molar-refractivity contribution in [3.8, 4) is 0 Å². The molecular formula is C20H33N5O6. The van der Waals surface area contributed by atoms with Crippen LogP contribution in [0.5, 0.6) is 0 Å². The van der Waals surface area contributed by atoms with Gasteiger partial charge in [0.1, 0.15) is 0 Å². The van der Waals surface area contributed by atoms with Crippen molar-refractivity contribution >= 4 is 29.6 Å². The number of rotatable bonds is 9. The van der Waals surface area contributed by atoms with Gasteiger partial charge >= 0.3 is 5.97 Å². The first-order valence-electron chi connectivity index (χ1n) is 11.8. The lowest BCUT2D eigenvalue weighted by Crippen LogP contribution is -2.60. The lowest BCUT2D eigenvalue weighted by atomic mass is 9.81. The molecule has 174 valence electrons. The Bertz CT molecular complexity index is 803. The van der Waals surface area contributed by atoms with E-state index in [4.69, 9.17) is 8.95 Å².